The van der Waals surface area contributed by atoms with Crippen molar-refractivity contribution in [1.29, 1.82) is 0 Å². The Bertz CT molecular complexity index is 326. The first-order valence-electron chi connectivity index (χ1n) is 4.47. The van der Waals surface area contributed by atoms with Gasteiger partial charge < -0.3 is 10.8 Å². The van der Waals surface area contributed by atoms with Crippen molar-refractivity contribution in [2.45, 2.75) is 19.9 Å². The summed E-state index contributed by atoms with van der Waals surface area (Å²) in [5.41, 5.74) is 5.16. The summed E-state index contributed by atoms with van der Waals surface area (Å²) >= 11 is 10.9. The number of halogens is 2. The Morgan fingerprint density at radius 2 is 2.06 bits per heavy atom. The van der Waals surface area contributed by atoms with E-state index < -0.39 is 12.0 Å². The Morgan fingerprint density at radius 1 is 1.50 bits per heavy atom. The third-order valence-electron chi connectivity index (χ3n) is 1.63. The molecule has 1 atom stereocenters. The van der Waals surface area contributed by atoms with Gasteiger partial charge >= 0.3 is 5.97 Å². The summed E-state index contributed by atoms with van der Waals surface area (Å²) in [7, 11) is 0. The van der Waals surface area contributed by atoms with Crippen LogP contribution in [0, 0.1) is 5.92 Å². The second-order valence-corrected chi connectivity index (χ2v) is 4.04. The molecule has 3 N–H and O–H groups in total. The van der Waals surface area contributed by atoms with Gasteiger partial charge in [-0.15, -0.1) is 5.10 Å². The van der Waals surface area contributed by atoms with Crippen LogP contribution in [-0.2, 0) is 4.79 Å². The summed E-state index contributed by atoms with van der Waals surface area (Å²) in [5.74, 6) is -0.910. The highest BCUT2D eigenvalue weighted by Gasteiger charge is 2.14. The van der Waals surface area contributed by atoms with Gasteiger partial charge in [-0.05, 0) is 12.0 Å². The lowest BCUT2D eigenvalue weighted by atomic mass is 10.1. The zero-order valence-corrected chi connectivity index (χ0v) is 10.4. The molecule has 1 rings (SSSR count). The molecule has 0 aliphatic heterocycles. The Hall–Kier alpha value is -0.910. The molecule has 1 aromatic rings. The maximum atomic E-state index is 10.0. The minimum Gasteiger partial charge on any atom is -0.480 e. The molecule has 0 aliphatic rings. The fourth-order valence-electron chi connectivity index (χ4n) is 0.584. The number of nitrogens with two attached hydrogens (primary N) is 1. The predicted molar refractivity (Wildman–Crippen MR) is 62.5 cm³/mol. The van der Waals surface area contributed by atoms with Gasteiger partial charge in [0.25, 0.3) is 0 Å². The van der Waals surface area contributed by atoms with E-state index in [1.54, 1.807) is 19.9 Å². The Labute approximate surface area is 104 Å². The van der Waals surface area contributed by atoms with Gasteiger partial charge in [0.2, 0.25) is 0 Å². The lowest BCUT2D eigenvalue weighted by Crippen LogP contribution is -2.34. The number of carboxylic acid groups (broad SMARTS) is 1. The molecule has 0 amide bonds. The van der Waals surface area contributed by atoms with Crippen LogP contribution in [0.3, 0.4) is 0 Å². The second kappa shape index (κ2) is 7.38. The number of aromatic nitrogens is 2. The van der Waals surface area contributed by atoms with Gasteiger partial charge in [0.15, 0.2) is 5.15 Å². The molecule has 0 bridgehead atoms. The van der Waals surface area contributed by atoms with Crippen LogP contribution in [0.25, 0.3) is 0 Å². The zero-order valence-electron chi connectivity index (χ0n) is 8.89. The Kier molecular flexibility index (Phi) is 6.96. The Balaban J connectivity index is 0.000000281. The lowest BCUT2D eigenvalue weighted by molar-refractivity contribution is -0.139. The van der Waals surface area contributed by atoms with Crippen LogP contribution in [0.1, 0.15) is 13.8 Å². The highest BCUT2D eigenvalue weighted by atomic mass is 35.5. The fourth-order valence-corrected chi connectivity index (χ4v) is 0.785. The number of carboxylic acids is 1. The van der Waals surface area contributed by atoms with E-state index in [1.165, 1.54) is 6.20 Å². The average Bonchev–Trinajstić information content (AvgIpc) is 2.22. The predicted octanol–water partition coefficient (Wildman–Crippen LogP) is 1.84. The van der Waals surface area contributed by atoms with Crippen LogP contribution >= 0.6 is 23.2 Å². The van der Waals surface area contributed by atoms with Gasteiger partial charge in [-0.25, -0.2) is 0 Å². The van der Waals surface area contributed by atoms with Crippen molar-refractivity contribution >= 4 is 29.2 Å². The van der Waals surface area contributed by atoms with Gasteiger partial charge in [0.1, 0.15) is 6.04 Å². The molecule has 0 spiro atoms. The van der Waals surface area contributed by atoms with E-state index in [1.807, 2.05) is 0 Å². The average molecular weight is 266 g/mol. The van der Waals surface area contributed by atoms with Crippen LogP contribution in [0.4, 0.5) is 0 Å². The summed E-state index contributed by atoms with van der Waals surface area (Å²) < 4.78 is 0. The van der Waals surface area contributed by atoms with Crippen LogP contribution in [0.5, 0.6) is 0 Å². The van der Waals surface area contributed by atoms with Crippen molar-refractivity contribution in [1.82, 2.24) is 10.2 Å². The fraction of sp³-hybridized carbons (Fsp3) is 0.444. The number of hydrogen-bond donors (Lipinski definition) is 2. The number of hydrogen-bond acceptors (Lipinski definition) is 4. The van der Waals surface area contributed by atoms with E-state index >= 15 is 0 Å². The number of carbonyl (C=O) groups is 1. The van der Waals surface area contributed by atoms with Gasteiger partial charge in [-0.3, -0.25) is 4.79 Å². The third kappa shape index (κ3) is 5.85. The van der Waals surface area contributed by atoms with Crippen molar-refractivity contribution in [2.24, 2.45) is 11.7 Å². The molecule has 0 saturated heterocycles. The highest BCUT2D eigenvalue weighted by Crippen LogP contribution is 2.15. The van der Waals surface area contributed by atoms with Crippen LogP contribution in [0.2, 0.25) is 10.2 Å². The molecule has 1 aromatic heterocycles. The van der Waals surface area contributed by atoms with E-state index in [2.05, 4.69) is 10.2 Å². The first kappa shape index (κ1) is 15.1. The minimum absolute atomic E-state index is 0.0208. The summed E-state index contributed by atoms with van der Waals surface area (Å²) in [6.07, 6.45) is 1.48. The van der Waals surface area contributed by atoms with Crippen molar-refractivity contribution in [3.63, 3.8) is 0 Å². The molecule has 16 heavy (non-hydrogen) atoms. The molecule has 0 unspecified atom stereocenters. The number of aliphatic carboxylic acids is 1. The summed E-state index contributed by atoms with van der Waals surface area (Å²) in [6.45, 7) is 3.55. The molecule has 0 fully saturated rings. The molecule has 5 nitrogen and oxygen atoms in total. The second-order valence-electron chi connectivity index (χ2n) is 3.28. The van der Waals surface area contributed by atoms with Crippen molar-refractivity contribution in [2.75, 3.05) is 0 Å². The first-order chi connectivity index (χ1) is 7.36. The normalized spacial score (nSPS) is 11.6. The minimum atomic E-state index is -0.931. The molecule has 0 radical (unpaired) electrons. The topological polar surface area (TPSA) is 89.1 Å². The van der Waals surface area contributed by atoms with Gasteiger partial charge in [0, 0.05) is 0 Å². The van der Waals surface area contributed by atoms with Crippen LogP contribution in [-0.4, -0.2) is 27.3 Å². The quantitative estimate of drug-likeness (QED) is 0.852. The van der Waals surface area contributed by atoms with E-state index in [4.69, 9.17) is 34.0 Å². The highest BCUT2D eigenvalue weighted by molar-refractivity contribution is 6.41. The molecular formula is C9H13Cl2N3O2. The SMILES string of the molecule is CC(C)[C@H](N)C(=O)O.Clc1ccnnc1Cl. The molecule has 0 aromatic carbocycles. The number of nitrogens with zero attached hydrogens (tertiary/aromatic N) is 2. The molecule has 90 valence electrons. The first-order valence-corrected chi connectivity index (χ1v) is 5.23. The molecule has 0 aliphatic carbocycles. The van der Waals surface area contributed by atoms with Gasteiger partial charge in [-0.2, -0.15) is 5.10 Å². The van der Waals surface area contributed by atoms with Crippen LogP contribution in [0.15, 0.2) is 12.3 Å². The summed E-state index contributed by atoms with van der Waals surface area (Å²) in [5, 5.41) is 15.8. The van der Waals surface area contributed by atoms with E-state index in [9.17, 15) is 4.79 Å². The van der Waals surface area contributed by atoms with Gasteiger partial charge in [-0.1, -0.05) is 37.0 Å². The number of rotatable bonds is 2. The molecule has 1 heterocycles. The molecule has 7 heteroatoms. The summed E-state index contributed by atoms with van der Waals surface area (Å²) in [4.78, 5) is 10.0. The smallest absolute Gasteiger partial charge is 0.320 e. The van der Waals surface area contributed by atoms with Gasteiger partial charge in [0.05, 0.1) is 11.2 Å². The maximum absolute atomic E-state index is 10.0. The monoisotopic (exact) mass is 265 g/mol. The van der Waals surface area contributed by atoms with Crippen molar-refractivity contribution < 1.29 is 9.90 Å². The van der Waals surface area contributed by atoms with E-state index in [0.29, 0.717) is 5.02 Å². The summed E-state index contributed by atoms with van der Waals surface area (Å²) in [6, 6.07) is 0.867. The standard InChI is InChI=1S/C5H11NO2.C4H2Cl2N2/c1-3(2)4(6)5(7)8;5-3-1-2-7-8-4(3)6/h3-4H,6H2,1-2H3,(H,7,8);1-2H/t4-;/m0./s1. The van der Waals surface area contributed by atoms with E-state index in [-0.39, 0.29) is 11.1 Å². The third-order valence-corrected chi connectivity index (χ3v) is 2.31. The zero-order chi connectivity index (χ0) is 12.7. The molecular weight excluding hydrogens is 253 g/mol. The molecule has 0 saturated carbocycles. The van der Waals surface area contributed by atoms with Crippen molar-refractivity contribution in [3.8, 4) is 0 Å². The lowest BCUT2D eigenvalue weighted by Gasteiger charge is -2.07. The largest absolute Gasteiger partial charge is 0.480 e. The maximum Gasteiger partial charge on any atom is 0.320 e. The van der Waals surface area contributed by atoms with Crippen LogP contribution < -0.4 is 5.73 Å². The van der Waals surface area contributed by atoms with E-state index in [0.717, 1.165) is 0 Å². The Morgan fingerprint density at radius 3 is 2.25 bits per heavy atom. The van der Waals surface area contributed by atoms with Crippen molar-refractivity contribution in [3.05, 3.63) is 22.4 Å².